The molecule has 128 valence electrons. The molecule has 1 aromatic heterocycles. The first-order valence-electron chi connectivity index (χ1n) is 8.26. The lowest BCUT2D eigenvalue weighted by atomic mass is 10.1. The third-order valence-electron chi connectivity index (χ3n) is 4.73. The van der Waals surface area contributed by atoms with Gasteiger partial charge in [-0.15, -0.1) is 0 Å². The van der Waals surface area contributed by atoms with Crippen LogP contribution in [-0.4, -0.2) is 53.7 Å². The third-order valence-corrected chi connectivity index (χ3v) is 4.96. The first-order valence-corrected chi connectivity index (χ1v) is 8.63. The van der Waals surface area contributed by atoms with Gasteiger partial charge in [0.25, 0.3) is 0 Å². The van der Waals surface area contributed by atoms with Crippen molar-refractivity contribution < 1.29 is 9.90 Å². The lowest BCUT2D eigenvalue weighted by molar-refractivity contribution is -0.138. The Morgan fingerprint density at radius 2 is 2.21 bits per heavy atom. The summed E-state index contributed by atoms with van der Waals surface area (Å²) in [7, 11) is 1.90. The highest BCUT2D eigenvalue weighted by atomic mass is 35.5. The van der Waals surface area contributed by atoms with Crippen LogP contribution in [0.25, 0.3) is 10.9 Å². The number of anilines is 1. The lowest BCUT2D eigenvalue weighted by Gasteiger charge is -2.26. The van der Waals surface area contributed by atoms with E-state index in [4.69, 9.17) is 16.7 Å². The fourth-order valence-electron chi connectivity index (χ4n) is 3.48. The fourth-order valence-corrected chi connectivity index (χ4v) is 3.65. The van der Waals surface area contributed by atoms with Gasteiger partial charge in [0.2, 0.25) is 0 Å². The topological polar surface area (TPSA) is 56.7 Å². The second-order valence-corrected chi connectivity index (χ2v) is 6.81. The van der Waals surface area contributed by atoms with Gasteiger partial charge >= 0.3 is 5.97 Å². The van der Waals surface area contributed by atoms with Crippen LogP contribution < -0.4 is 4.90 Å². The van der Waals surface area contributed by atoms with E-state index in [-0.39, 0.29) is 6.54 Å². The number of aliphatic carboxylic acids is 1. The number of hydrogen-bond donors (Lipinski definition) is 1. The van der Waals surface area contributed by atoms with Gasteiger partial charge < -0.3 is 10.0 Å². The summed E-state index contributed by atoms with van der Waals surface area (Å²) < 4.78 is 0. The van der Waals surface area contributed by atoms with Crippen LogP contribution in [0.5, 0.6) is 0 Å². The number of carboxylic acids is 1. The summed E-state index contributed by atoms with van der Waals surface area (Å²) >= 11 is 6.07. The Morgan fingerprint density at radius 3 is 3.00 bits per heavy atom. The molecule has 24 heavy (non-hydrogen) atoms. The van der Waals surface area contributed by atoms with E-state index in [9.17, 15) is 4.79 Å². The zero-order chi connectivity index (χ0) is 17.1. The highest BCUT2D eigenvalue weighted by Crippen LogP contribution is 2.29. The molecule has 0 spiro atoms. The fraction of sp³-hybridized carbons (Fsp3) is 0.444. The number of nitrogens with zero attached hydrogens (tertiary/aromatic N) is 3. The van der Waals surface area contributed by atoms with E-state index in [0.717, 1.165) is 43.3 Å². The van der Waals surface area contributed by atoms with E-state index in [1.165, 1.54) is 5.69 Å². The van der Waals surface area contributed by atoms with Crippen molar-refractivity contribution in [3.05, 3.63) is 35.5 Å². The molecule has 1 unspecified atom stereocenters. The van der Waals surface area contributed by atoms with Gasteiger partial charge in [0.15, 0.2) is 0 Å². The summed E-state index contributed by atoms with van der Waals surface area (Å²) in [5.41, 5.74) is 2.09. The van der Waals surface area contributed by atoms with Crippen molar-refractivity contribution in [2.24, 2.45) is 0 Å². The van der Waals surface area contributed by atoms with Gasteiger partial charge in [-0.3, -0.25) is 14.7 Å². The van der Waals surface area contributed by atoms with Gasteiger partial charge in [-0.1, -0.05) is 11.6 Å². The predicted molar refractivity (Wildman–Crippen MR) is 96.9 cm³/mol. The Bertz CT molecular complexity index is 737. The Morgan fingerprint density at radius 1 is 1.38 bits per heavy atom. The number of halogens is 1. The zero-order valence-corrected chi connectivity index (χ0v) is 14.5. The second-order valence-electron chi connectivity index (χ2n) is 6.37. The molecular formula is C18H22ClN3O2. The number of pyridine rings is 1. The molecule has 2 heterocycles. The SMILES string of the molecule is CN(CC(=O)O)C1CCCN(c2ccnc3cc(Cl)ccc23)CC1. The molecule has 3 rings (SSSR count). The standard InChI is InChI=1S/C18H22ClN3O2/c1-21(12-18(23)24)14-3-2-9-22(10-7-14)17-6-8-20-16-11-13(19)4-5-15(16)17/h4-6,8,11,14H,2-3,7,9-10,12H2,1H3,(H,23,24). The summed E-state index contributed by atoms with van der Waals surface area (Å²) in [5.74, 6) is -0.768. The number of likely N-dealkylation sites (N-methyl/N-ethyl adjacent to an activating group) is 1. The summed E-state index contributed by atoms with van der Waals surface area (Å²) in [6.07, 6.45) is 4.86. The number of hydrogen-bond acceptors (Lipinski definition) is 4. The number of benzene rings is 1. The number of fused-ring (bicyclic) bond motifs is 1. The van der Waals surface area contributed by atoms with E-state index >= 15 is 0 Å². The van der Waals surface area contributed by atoms with Crippen molar-refractivity contribution in [1.82, 2.24) is 9.88 Å². The lowest BCUT2D eigenvalue weighted by Crippen LogP contribution is -2.36. The summed E-state index contributed by atoms with van der Waals surface area (Å²) in [4.78, 5) is 19.7. The van der Waals surface area contributed by atoms with Crippen LogP contribution >= 0.6 is 11.6 Å². The smallest absolute Gasteiger partial charge is 0.317 e. The molecule has 1 N–H and O–H groups in total. The van der Waals surface area contributed by atoms with Gasteiger partial charge in [-0.05, 0) is 50.6 Å². The Kier molecular flexibility index (Phi) is 5.21. The van der Waals surface area contributed by atoms with E-state index in [0.29, 0.717) is 11.1 Å². The maximum Gasteiger partial charge on any atom is 0.317 e. The molecule has 0 radical (unpaired) electrons. The average Bonchev–Trinajstić information content (AvgIpc) is 2.79. The van der Waals surface area contributed by atoms with Crippen LogP contribution in [0.1, 0.15) is 19.3 Å². The maximum atomic E-state index is 10.9. The van der Waals surface area contributed by atoms with Crippen LogP contribution in [0.15, 0.2) is 30.5 Å². The second kappa shape index (κ2) is 7.36. The molecule has 5 nitrogen and oxygen atoms in total. The van der Waals surface area contributed by atoms with E-state index in [2.05, 4.69) is 16.0 Å². The van der Waals surface area contributed by atoms with Crippen LogP contribution in [0, 0.1) is 0 Å². The average molecular weight is 348 g/mol. The molecule has 6 heteroatoms. The third kappa shape index (κ3) is 3.79. The molecule has 0 amide bonds. The first kappa shape index (κ1) is 17.0. The van der Waals surface area contributed by atoms with E-state index < -0.39 is 5.97 Å². The summed E-state index contributed by atoms with van der Waals surface area (Å²) in [6, 6.07) is 8.18. The monoisotopic (exact) mass is 347 g/mol. The number of carboxylic acid groups (broad SMARTS) is 1. The molecule has 0 aliphatic carbocycles. The van der Waals surface area contributed by atoms with Crippen molar-refractivity contribution in [2.45, 2.75) is 25.3 Å². The van der Waals surface area contributed by atoms with Crippen LogP contribution in [0.4, 0.5) is 5.69 Å². The number of carbonyl (C=O) groups is 1. The van der Waals surface area contributed by atoms with E-state index in [1.807, 2.05) is 36.3 Å². The largest absolute Gasteiger partial charge is 0.480 e. The Balaban J connectivity index is 1.78. The van der Waals surface area contributed by atoms with Gasteiger partial charge in [0.1, 0.15) is 0 Å². The van der Waals surface area contributed by atoms with Crippen molar-refractivity contribution >= 4 is 34.2 Å². The minimum Gasteiger partial charge on any atom is -0.480 e. The van der Waals surface area contributed by atoms with Gasteiger partial charge in [0.05, 0.1) is 12.1 Å². The molecule has 1 atom stereocenters. The normalized spacial score (nSPS) is 18.8. The highest BCUT2D eigenvalue weighted by molar-refractivity contribution is 6.31. The zero-order valence-electron chi connectivity index (χ0n) is 13.8. The predicted octanol–water partition coefficient (Wildman–Crippen LogP) is 3.26. The molecule has 1 fully saturated rings. The minimum absolute atomic E-state index is 0.0986. The van der Waals surface area contributed by atoms with Gasteiger partial charge in [-0.2, -0.15) is 0 Å². The van der Waals surface area contributed by atoms with Crippen molar-refractivity contribution in [3.63, 3.8) is 0 Å². The van der Waals surface area contributed by atoms with Crippen LogP contribution in [0.3, 0.4) is 0 Å². The van der Waals surface area contributed by atoms with Crippen molar-refractivity contribution in [1.29, 1.82) is 0 Å². The number of rotatable bonds is 4. The highest BCUT2D eigenvalue weighted by Gasteiger charge is 2.22. The summed E-state index contributed by atoms with van der Waals surface area (Å²) in [6.45, 7) is 1.98. The van der Waals surface area contributed by atoms with E-state index in [1.54, 1.807) is 0 Å². The Hall–Kier alpha value is -1.85. The van der Waals surface area contributed by atoms with Crippen molar-refractivity contribution in [2.75, 3.05) is 31.6 Å². The Labute approximate surface area is 146 Å². The van der Waals surface area contributed by atoms with Crippen LogP contribution in [0.2, 0.25) is 5.02 Å². The molecule has 0 saturated carbocycles. The van der Waals surface area contributed by atoms with Crippen LogP contribution in [-0.2, 0) is 4.79 Å². The molecule has 1 saturated heterocycles. The maximum absolute atomic E-state index is 10.9. The van der Waals surface area contributed by atoms with Gasteiger partial charge in [0, 0.05) is 41.4 Å². The molecule has 1 aliphatic heterocycles. The molecular weight excluding hydrogens is 326 g/mol. The molecule has 1 aliphatic rings. The molecule has 0 bridgehead atoms. The van der Waals surface area contributed by atoms with Crippen molar-refractivity contribution in [3.8, 4) is 0 Å². The minimum atomic E-state index is -0.768. The quantitative estimate of drug-likeness (QED) is 0.920. The molecule has 1 aromatic carbocycles. The molecule has 2 aromatic rings. The first-order chi connectivity index (χ1) is 11.5. The summed E-state index contributed by atoms with van der Waals surface area (Å²) in [5, 5.41) is 10.8. The number of aromatic nitrogens is 1. The van der Waals surface area contributed by atoms with Gasteiger partial charge in [-0.25, -0.2) is 0 Å².